The SMILES string of the molecule is CCCC(=O)Nc1cccc(-c2nc(Nc3ccc4[nH]ncc4c3)c3cc(OC)c(OCCOC)cc3n2)c1. The number of ether oxygens (including phenoxy) is 3. The highest BCUT2D eigenvalue weighted by molar-refractivity contribution is 5.96. The summed E-state index contributed by atoms with van der Waals surface area (Å²) in [4.78, 5) is 21.9. The number of H-pyrrole nitrogens is 1. The van der Waals surface area contributed by atoms with Crippen LogP contribution in [0.2, 0.25) is 0 Å². The summed E-state index contributed by atoms with van der Waals surface area (Å²) in [5, 5.41) is 15.2. The number of methoxy groups -OCH3 is 2. The topological polar surface area (TPSA) is 123 Å². The monoisotopic (exact) mass is 526 g/mol. The zero-order valence-corrected chi connectivity index (χ0v) is 22.1. The van der Waals surface area contributed by atoms with E-state index in [1.54, 1.807) is 20.4 Å². The molecule has 0 unspecified atom stereocenters. The van der Waals surface area contributed by atoms with Gasteiger partial charge in [0.15, 0.2) is 17.3 Å². The summed E-state index contributed by atoms with van der Waals surface area (Å²) in [5.74, 6) is 2.17. The van der Waals surface area contributed by atoms with E-state index < -0.39 is 0 Å². The normalized spacial score (nSPS) is 11.1. The van der Waals surface area contributed by atoms with Crippen molar-refractivity contribution in [3.05, 3.63) is 60.8 Å². The van der Waals surface area contributed by atoms with E-state index >= 15 is 0 Å². The number of aromatic amines is 1. The number of carbonyl (C=O) groups excluding carboxylic acids is 1. The van der Waals surface area contributed by atoms with Gasteiger partial charge in [0.2, 0.25) is 5.91 Å². The Labute approximate surface area is 225 Å². The van der Waals surface area contributed by atoms with E-state index in [9.17, 15) is 4.79 Å². The molecule has 2 heterocycles. The summed E-state index contributed by atoms with van der Waals surface area (Å²) in [6.07, 6.45) is 3.01. The fourth-order valence-electron chi connectivity index (χ4n) is 4.21. The lowest BCUT2D eigenvalue weighted by atomic mass is 10.1. The van der Waals surface area contributed by atoms with Gasteiger partial charge in [-0.2, -0.15) is 5.10 Å². The molecule has 2 aromatic heterocycles. The first-order valence-corrected chi connectivity index (χ1v) is 12.7. The highest BCUT2D eigenvalue weighted by atomic mass is 16.5. The van der Waals surface area contributed by atoms with Gasteiger partial charge in [-0.25, -0.2) is 9.97 Å². The molecule has 0 saturated heterocycles. The number of aromatic nitrogens is 4. The van der Waals surface area contributed by atoms with Crippen molar-refractivity contribution < 1.29 is 19.0 Å². The van der Waals surface area contributed by atoms with Crippen molar-refractivity contribution in [1.29, 1.82) is 0 Å². The Hall–Kier alpha value is -4.70. The highest BCUT2D eigenvalue weighted by Gasteiger charge is 2.16. The summed E-state index contributed by atoms with van der Waals surface area (Å²) in [5.41, 5.74) is 3.90. The van der Waals surface area contributed by atoms with Gasteiger partial charge >= 0.3 is 0 Å². The van der Waals surface area contributed by atoms with Crippen LogP contribution in [-0.4, -0.2) is 53.5 Å². The van der Waals surface area contributed by atoms with E-state index in [1.807, 2.05) is 61.5 Å². The number of fused-ring (bicyclic) bond motifs is 2. The summed E-state index contributed by atoms with van der Waals surface area (Å²) < 4.78 is 16.7. The second-order valence-corrected chi connectivity index (χ2v) is 8.93. The number of nitrogens with zero attached hydrogens (tertiary/aromatic N) is 3. The lowest BCUT2D eigenvalue weighted by Crippen LogP contribution is -2.10. The molecule has 0 spiro atoms. The third-order valence-corrected chi connectivity index (χ3v) is 6.11. The summed E-state index contributed by atoms with van der Waals surface area (Å²) in [6, 6.07) is 17.1. The van der Waals surface area contributed by atoms with Crippen LogP contribution in [0.4, 0.5) is 17.2 Å². The Kier molecular flexibility index (Phi) is 7.83. The van der Waals surface area contributed by atoms with Crippen molar-refractivity contribution in [3.8, 4) is 22.9 Å². The molecule has 200 valence electrons. The molecule has 3 N–H and O–H groups in total. The maximum absolute atomic E-state index is 12.2. The predicted molar refractivity (Wildman–Crippen MR) is 152 cm³/mol. The molecule has 0 fully saturated rings. The highest BCUT2D eigenvalue weighted by Crippen LogP contribution is 2.37. The van der Waals surface area contributed by atoms with Crippen molar-refractivity contribution in [3.63, 3.8) is 0 Å². The number of carbonyl (C=O) groups is 1. The zero-order chi connectivity index (χ0) is 27.2. The molecule has 0 aliphatic carbocycles. The number of amides is 1. The number of nitrogens with one attached hydrogen (secondary N) is 3. The van der Waals surface area contributed by atoms with Gasteiger partial charge in [0, 0.05) is 47.3 Å². The minimum Gasteiger partial charge on any atom is -0.493 e. The molecule has 39 heavy (non-hydrogen) atoms. The van der Waals surface area contributed by atoms with Crippen LogP contribution < -0.4 is 20.1 Å². The first-order valence-electron chi connectivity index (χ1n) is 12.7. The van der Waals surface area contributed by atoms with Crippen molar-refractivity contribution in [1.82, 2.24) is 20.2 Å². The Bertz CT molecular complexity index is 1620. The van der Waals surface area contributed by atoms with Gasteiger partial charge in [-0.3, -0.25) is 9.89 Å². The zero-order valence-electron chi connectivity index (χ0n) is 22.1. The fraction of sp³-hybridized carbons (Fsp3) is 0.241. The van der Waals surface area contributed by atoms with Crippen LogP contribution in [0.25, 0.3) is 33.2 Å². The quantitative estimate of drug-likeness (QED) is 0.188. The van der Waals surface area contributed by atoms with Gasteiger partial charge in [-0.1, -0.05) is 19.1 Å². The largest absolute Gasteiger partial charge is 0.493 e. The Morgan fingerprint density at radius 3 is 2.69 bits per heavy atom. The smallest absolute Gasteiger partial charge is 0.224 e. The average Bonchev–Trinajstić information content (AvgIpc) is 3.41. The van der Waals surface area contributed by atoms with Crippen LogP contribution in [0.5, 0.6) is 11.5 Å². The molecule has 0 saturated carbocycles. The molecule has 0 aliphatic heterocycles. The maximum atomic E-state index is 12.2. The van der Waals surface area contributed by atoms with Crippen LogP contribution in [0.1, 0.15) is 19.8 Å². The van der Waals surface area contributed by atoms with Gasteiger partial charge < -0.3 is 24.8 Å². The van der Waals surface area contributed by atoms with E-state index in [1.165, 1.54) is 0 Å². The van der Waals surface area contributed by atoms with Gasteiger partial charge in [0.1, 0.15) is 12.4 Å². The van der Waals surface area contributed by atoms with E-state index in [4.69, 9.17) is 24.2 Å². The average molecular weight is 527 g/mol. The standard InChI is InChI=1S/C29H30N6O4/c1-4-6-27(36)31-20-8-5-7-18(13-20)28-33-24-16-26(39-12-11-37-2)25(38-3)15-22(24)29(34-28)32-21-9-10-23-19(14-21)17-30-35-23/h5,7-10,13-17H,4,6,11-12H2,1-3H3,(H,30,35)(H,31,36)(H,32,33,34). The number of hydrogen-bond donors (Lipinski definition) is 3. The van der Waals surface area contributed by atoms with Crippen molar-refractivity contribution in [2.45, 2.75) is 19.8 Å². The molecule has 10 nitrogen and oxygen atoms in total. The second-order valence-electron chi connectivity index (χ2n) is 8.93. The predicted octanol–water partition coefficient (Wildman–Crippen LogP) is 5.69. The van der Waals surface area contributed by atoms with Gasteiger partial charge in [0.05, 0.1) is 30.9 Å². The number of rotatable bonds is 11. The summed E-state index contributed by atoms with van der Waals surface area (Å²) in [7, 11) is 3.22. The van der Waals surface area contributed by atoms with Crippen LogP contribution in [0, 0.1) is 0 Å². The summed E-state index contributed by atoms with van der Waals surface area (Å²) >= 11 is 0. The van der Waals surface area contributed by atoms with Crippen LogP contribution in [-0.2, 0) is 9.53 Å². The van der Waals surface area contributed by atoms with Crippen molar-refractivity contribution >= 4 is 44.9 Å². The van der Waals surface area contributed by atoms with Gasteiger partial charge in [0.25, 0.3) is 0 Å². The Morgan fingerprint density at radius 2 is 1.87 bits per heavy atom. The molecule has 1 amide bonds. The molecule has 5 rings (SSSR count). The third kappa shape index (κ3) is 5.91. The van der Waals surface area contributed by atoms with Gasteiger partial charge in [-0.05, 0) is 42.8 Å². The van der Waals surface area contributed by atoms with E-state index in [-0.39, 0.29) is 5.91 Å². The fourth-order valence-corrected chi connectivity index (χ4v) is 4.21. The Balaban J connectivity index is 1.60. The van der Waals surface area contributed by atoms with Crippen LogP contribution >= 0.6 is 0 Å². The van der Waals surface area contributed by atoms with Gasteiger partial charge in [-0.15, -0.1) is 0 Å². The van der Waals surface area contributed by atoms with E-state index in [0.29, 0.717) is 54.0 Å². The number of hydrogen-bond acceptors (Lipinski definition) is 8. The molecule has 0 atom stereocenters. The van der Waals surface area contributed by atoms with Crippen LogP contribution in [0.15, 0.2) is 60.8 Å². The second kappa shape index (κ2) is 11.8. The lowest BCUT2D eigenvalue weighted by molar-refractivity contribution is -0.116. The molecule has 10 heteroatoms. The van der Waals surface area contributed by atoms with Crippen molar-refractivity contribution in [2.75, 3.05) is 38.1 Å². The molecular formula is C29H30N6O4. The van der Waals surface area contributed by atoms with E-state index in [0.717, 1.165) is 34.0 Å². The molecular weight excluding hydrogens is 496 g/mol. The van der Waals surface area contributed by atoms with Crippen LogP contribution in [0.3, 0.4) is 0 Å². The van der Waals surface area contributed by atoms with Crippen molar-refractivity contribution in [2.24, 2.45) is 0 Å². The molecule has 3 aromatic carbocycles. The minimum atomic E-state index is -0.0315. The molecule has 0 radical (unpaired) electrons. The first-order chi connectivity index (χ1) is 19.1. The molecule has 5 aromatic rings. The number of benzene rings is 3. The maximum Gasteiger partial charge on any atom is 0.224 e. The lowest BCUT2D eigenvalue weighted by Gasteiger charge is -2.15. The Morgan fingerprint density at radius 1 is 0.974 bits per heavy atom. The minimum absolute atomic E-state index is 0.0315. The number of anilines is 3. The first kappa shape index (κ1) is 25.9. The third-order valence-electron chi connectivity index (χ3n) is 6.11. The van der Waals surface area contributed by atoms with E-state index in [2.05, 4.69) is 20.8 Å². The molecule has 0 aliphatic rings. The summed E-state index contributed by atoms with van der Waals surface area (Å²) in [6.45, 7) is 2.78. The molecule has 0 bridgehead atoms.